The van der Waals surface area contributed by atoms with Gasteiger partial charge in [0.1, 0.15) is 5.75 Å². The average molecular weight is 404 g/mol. The SMILES string of the molecule is CCOc1ccc(CNc2nc3nc(CNc4ccccc4C)cc(=O)n3[nH]2)cc1. The first kappa shape index (κ1) is 19.5. The Morgan fingerprint density at radius 3 is 2.60 bits per heavy atom. The molecule has 8 heteroatoms. The van der Waals surface area contributed by atoms with E-state index in [9.17, 15) is 4.79 Å². The zero-order valence-electron chi connectivity index (χ0n) is 17.0. The predicted octanol–water partition coefficient (Wildman–Crippen LogP) is 3.35. The van der Waals surface area contributed by atoms with Crippen molar-refractivity contribution in [3.05, 3.63) is 81.8 Å². The van der Waals surface area contributed by atoms with Gasteiger partial charge in [0.05, 0.1) is 18.8 Å². The van der Waals surface area contributed by atoms with Crippen molar-refractivity contribution in [2.24, 2.45) is 0 Å². The van der Waals surface area contributed by atoms with Crippen LogP contribution in [0.25, 0.3) is 5.78 Å². The van der Waals surface area contributed by atoms with Crippen LogP contribution in [0.15, 0.2) is 59.4 Å². The zero-order chi connectivity index (χ0) is 20.9. The molecule has 30 heavy (non-hydrogen) atoms. The third-order valence-electron chi connectivity index (χ3n) is 4.68. The standard InChI is InChI=1S/C22H24N6O2/c1-3-30-18-10-8-16(9-11-18)13-24-21-26-22-25-17(12-20(29)28(22)27-21)14-23-19-7-5-4-6-15(19)2/h4-12,23H,3,13-14H2,1-2H3,(H2,24,25,26,27). The summed E-state index contributed by atoms with van der Waals surface area (Å²) >= 11 is 0. The van der Waals surface area contributed by atoms with Crippen LogP contribution in [0.2, 0.25) is 0 Å². The van der Waals surface area contributed by atoms with Crippen LogP contribution in [-0.2, 0) is 13.1 Å². The van der Waals surface area contributed by atoms with Crippen molar-refractivity contribution >= 4 is 17.4 Å². The predicted molar refractivity (Wildman–Crippen MR) is 117 cm³/mol. The summed E-state index contributed by atoms with van der Waals surface area (Å²) in [6, 6.07) is 17.3. The first-order valence-electron chi connectivity index (χ1n) is 9.86. The molecule has 0 spiro atoms. The summed E-state index contributed by atoms with van der Waals surface area (Å²) in [5.74, 6) is 1.66. The summed E-state index contributed by atoms with van der Waals surface area (Å²) in [4.78, 5) is 21.3. The van der Waals surface area contributed by atoms with E-state index in [0.29, 0.717) is 37.1 Å². The fourth-order valence-corrected chi connectivity index (χ4v) is 3.11. The molecule has 0 aliphatic heterocycles. The Hall–Kier alpha value is -3.81. The maximum Gasteiger partial charge on any atom is 0.274 e. The van der Waals surface area contributed by atoms with Gasteiger partial charge in [0.2, 0.25) is 5.95 Å². The number of para-hydroxylation sites is 1. The molecular formula is C22H24N6O2. The quantitative estimate of drug-likeness (QED) is 0.417. The molecule has 2 aromatic carbocycles. The molecule has 8 nitrogen and oxygen atoms in total. The molecule has 0 aliphatic rings. The van der Waals surface area contributed by atoms with Crippen LogP contribution < -0.4 is 20.9 Å². The Morgan fingerprint density at radius 2 is 1.83 bits per heavy atom. The second kappa shape index (κ2) is 8.69. The van der Waals surface area contributed by atoms with Gasteiger partial charge in [0, 0.05) is 18.3 Å². The third kappa shape index (κ3) is 4.43. The Kier molecular flexibility index (Phi) is 5.65. The van der Waals surface area contributed by atoms with Gasteiger partial charge in [-0.25, -0.2) is 4.98 Å². The number of hydrogen-bond donors (Lipinski definition) is 3. The molecule has 2 aromatic heterocycles. The lowest BCUT2D eigenvalue weighted by atomic mass is 10.2. The number of aromatic nitrogens is 4. The van der Waals surface area contributed by atoms with Crippen molar-refractivity contribution < 1.29 is 4.74 Å². The van der Waals surface area contributed by atoms with Crippen molar-refractivity contribution in [3.8, 4) is 5.75 Å². The van der Waals surface area contributed by atoms with E-state index in [1.807, 2.05) is 62.4 Å². The van der Waals surface area contributed by atoms with E-state index in [4.69, 9.17) is 4.74 Å². The van der Waals surface area contributed by atoms with E-state index in [0.717, 1.165) is 22.6 Å². The van der Waals surface area contributed by atoms with Gasteiger partial charge in [-0.3, -0.25) is 9.89 Å². The minimum Gasteiger partial charge on any atom is -0.494 e. The molecule has 0 saturated heterocycles. The smallest absolute Gasteiger partial charge is 0.274 e. The summed E-state index contributed by atoms with van der Waals surface area (Å²) in [6.07, 6.45) is 0. The van der Waals surface area contributed by atoms with Gasteiger partial charge >= 0.3 is 0 Å². The number of H-pyrrole nitrogens is 1. The highest BCUT2D eigenvalue weighted by Crippen LogP contribution is 2.15. The number of nitrogens with zero attached hydrogens (tertiary/aromatic N) is 3. The Labute approximate surface area is 173 Å². The molecule has 0 unspecified atom stereocenters. The normalized spacial score (nSPS) is 10.9. The van der Waals surface area contributed by atoms with Crippen molar-refractivity contribution in [1.29, 1.82) is 0 Å². The van der Waals surface area contributed by atoms with Crippen LogP contribution in [0.4, 0.5) is 11.6 Å². The highest BCUT2D eigenvalue weighted by molar-refractivity contribution is 5.50. The summed E-state index contributed by atoms with van der Waals surface area (Å²) in [6.45, 7) is 5.63. The highest BCUT2D eigenvalue weighted by atomic mass is 16.5. The van der Waals surface area contributed by atoms with Gasteiger partial charge in [-0.05, 0) is 43.2 Å². The lowest BCUT2D eigenvalue weighted by Crippen LogP contribution is -2.17. The van der Waals surface area contributed by atoms with Gasteiger partial charge in [-0.15, -0.1) is 0 Å². The first-order valence-corrected chi connectivity index (χ1v) is 9.86. The highest BCUT2D eigenvalue weighted by Gasteiger charge is 2.08. The van der Waals surface area contributed by atoms with E-state index >= 15 is 0 Å². The van der Waals surface area contributed by atoms with Crippen LogP contribution >= 0.6 is 0 Å². The summed E-state index contributed by atoms with van der Waals surface area (Å²) in [5.41, 5.74) is 3.65. The summed E-state index contributed by atoms with van der Waals surface area (Å²) in [7, 11) is 0. The molecule has 2 heterocycles. The van der Waals surface area contributed by atoms with Crippen molar-refractivity contribution in [3.63, 3.8) is 0 Å². The van der Waals surface area contributed by atoms with Gasteiger partial charge in [0.15, 0.2) is 0 Å². The Morgan fingerprint density at radius 1 is 1.03 bits per heavy atom. The van der Waals surface area contributed by atoms with Crippen molar-refractivity contribution in [2.45, 2.75) is 26.9 Å². The molecule has 4 aromatic rings. The van der Waals surface area contributed by atoms with Crippen LogP contribution in [0.5, 0.6) is 5.75 Å². The van der Waals surface area contributed by atoms with E-state index < -0.39 is 0 Å². The number of benzene rings is 2. The second-order valence-electron chi connectivity index (χ2n) is 6.89. The number of nitrogens with one attached hydrogen (secondary N) is 3. The van der Waals surface area contributed by atoms with Crippen molar-refractivity contribution in [1.82, 2.24) is 19.6 Å². The zero-order valence-corrected chi connectivity index (χ0v) is 17.0. The Bertz CT molecular complexity index is 1200. The van der Waals surface area contributed by atoms with Gasteiger partial charge in [0.25, 0.3) is 11.3 Å². The monoisotopic (exact) mass is 404 g/mol. The van der Waals surface area contributed by atoms with Crippen LogP contribution in [0, 0.1) is 6.92 Å². The summed E-state index contributed by atoms with van der Waals surface area (Å²) < 4.78 is 6.78. The molecule has 0 saturated carbocycles. The number of hydrogen-bond acceptors (Lipinski definition) is 6. The Balaban J connectivity index is 1.45. The number of aromatic amines is 1. The second-order valence-corrected chi connectivity index (χ2v) is 6.89. The number of ether oxygens (including phenoxy) is 1. The molecule has 3 N–H and O–H groups in total. The summed E-state index contributed by atoms with van der Waals surface area (Å²) in [5, 5.41) is 9.45. The van der Waals surface area contributed by atoms with Gasteiger partial charge in [-0.2, -0.15) is 9.50 Å². The van der Waals surface area contributed by atoms with E-state index in [-0.39, 0.29) is 5.56 Å². The molecule has 154 valence electrons. The molecule has 0 bridgehead atoms. The van der Waals surface area contributed by atoms with E-state index in [1.165, 1.54) is 10.6 Å². The lowest BCUT2D eigenvalue weighted by Gasteiger charge is -2.08. The molecule has 0 atom stereocenters. The largest absolute Gasteiger partial charge is 0.494 e. The maximum absolute atomic E-state index is 12.4. The number of anilines is 2. The fourth-order valence-electron chi connectivity index (χ4n) is 3.11. The lowest BCUT2D eigenvalue weighted by molar-refractivity contribution is 0.340. The number of fused-ring (bicyclic) bond motifs is 1. The van der Waals surface area contributed by atoms with E-state index in [2.05, 4.69) is 25.7 Å². The molecule has 0 fully saturated rings. The molecule has 4 rings (SSSR count). The minimum atomic E-state index is -0.205. The van der Waals surface area contributed by atoms with Crippen LogP contribution in [-0.4, -0.2) is 26.2 Å². The molecular weight excluding hydrogens is 380 g/mol. The topological polar surface area (TPSA) is 96.3 Å². The fraction of sp³-hybridized carbons (Fsp3) is 0.227. The van der Waals surface area contributed by atoms with Crippen molar-refractivity contribution in [2.75, 3.05) is 17.2 Å². The van der Waals surface area contributed by atoms with Crippen LogP contribution in [0.3, 0.4) is 0 Å². The van der Waals surface area contributed by atoms with Gasteiger partial charge < -0.3 is 15.4 Å². The molecule has 0 aliphatic carbocycles. The van der Waals surface area contributed by atoms with E-state index in [1.54, 1.807) is 0 Å². The maximum atomic E-state index is 12.4. The number of rotatable bonds is 8. The van der Waals surface area contributed by atoms with Gasteiger partial charge in [-0.1, -0.05) is 30.3 Å². The minimum absolute atomic E-state index is 0.205. The molecule has 0 radical (unpaired) electrons. The average Bonchev–Trinajstić information content (AvgIpc) is 3.17. The molecule has 0 amide bonds. The first-order chi connectivity index (χ1) is 14.6. The van der Waals surface area contributed by atoms with Crippen LogP contribution in [0.1, 0.15) is 23.7 Å². The third-order valence-corrected chi connectivity index (χ3v) is 4.68. The number of aryl methyl sites for hydroxylation is 1.